The van der Waals surface area contributed by atoms with Gasteiger partial charge in [0, 0.05) is 28.2 Å². The summed E-state index contributed by atoms with van der Waals surface area (Å²) in [5, 5.41) is 2.43. The predicted molar refractivity (Wildman–Crippen MR) is 201 cm³/mol. The SMILES string of the molecule is c1ccc(N(c2ccccc2)c2ccc(-c3ccc4c(c3)C3(c5ccccc5Oc5ccc6ccccc6c53)c3ccccc3-4)cc2)cc1. The van der Waals surface area contributed by atoms with E-state index < -0.39 is 5.41 Å². The Morgan fingerprint density at radius 3 is 1.76 bits per heavy atom. The van der Waals surface area contributed by atoms with Gasteiger partial charge >= 0.3 is 0 Å². The van der Waals surface area contributed by atoms with Crippen LogP contribution in [0.1, 0.15) is 22.3 Å². The summed E-state index contributed by atoms with van der Waals surface area (Å²) < 4.78 is 6.72. The van der Waals surface area contributed by atoms with Crippen LogP contribution in [-0.4, -0.2) is 0 Å². The van der Waals surface area contributed by atoms with Crippen LogP contribution in [0.25, 0.3) is 33.0 Å². The van der Waals surface area contributed by atoms with Crippen LogP contribution in [0.2, 0.25) is 0 Å². The van der Waals surface area contributed by atoms with E-state index in [1.54, 1.807) is 0 Å². The molecule has 1 atom stereocenters. The highest BCUT2D eigenvalue weighted by atomic mass is 16.5. The molecule has 230 valence electrons. The van der Waals surface area contributed by atoms with E-state index in [-0.39, 0.29) is 0 Å². The quantitative estimate of drug-likeness (QED) is 0.193. The van der Waals surface area contributed by atoms with Crippen molar-refractivity contribution in [3.05, 3.63) is 210 Å². The molecular weight excluding hydrogens is 595 g/mol. The largest absolute Gasteiger partial charge is 0.457 e. The number of anilines is 3. The van der Waals surface area contributed by atoms with Gasteiger partial charge in [-0.05, 0) is 98.8 Å². The summed E-state index contributed by atoms with van der Waals surface area (Å²) >= 11 is 0. The molecule has 8 aromatic rings. The Kier molecular flexibility index (Phi) is 6.13. The van der Waals surface area contributed by atoms with Crippen molar-refractivity contribution in [2.75, 3.05) is 4.90 Å². The van der Waals surface area contributed by atoms with Crippen molar-refractivity contribution in [1.82, 2.24) is 0 Å². The number of para-hydroxylation sites is 3. The lowest BCUT2D eigenvalue weighted by Gasteiger charge is -2.40. The molecule has 0 amide bonds. The molecule has 1 aliphatic carbocycles. The van der Waals surface area contributed by atoms with E-state index in [1.807, 2.05) is 0 Å². The standard InChI is InChI=1S/C47H31NO/c1-3-14-35(15-4-1)48(36-16-5-2-6-17-36)37-27-23-32(24-28-37)34-25-29-40-39-19-9-10-20-41(39)47(43(40)31-34)42-21-11-12-22-44(42)49-45-30-26-33-13-7-8-18-38(33)46(45)47/h1-31H. The molecule has 0 aromatic heterocycles. The topological polar surface area (TPSA) is 12.5 Å². The van der Waals surface area contributed by atoms with Crippen LogP contribution in [0.4, 0.5) is 17.1 Å². The lowest BCUT2D eigenvalue weighted by molar-refractivity contribution is 0.438. The third kappa shape index (κ3) is 4.07. The third-order valence-corrected chi connectivity index (χ3v) is 10.3. The number of benzene rings is 8. The van der Waals surface area contributed by atoms with Crippen LogP contribution in [-0.2, 0) is 5.41 Å². The molecule has 1 unspecified atom stereocenters. The van der Waals surface area contributed by atoms with Gasteiger partial charge < -0.3 is 9.64 Å². The second-order valence-electron chi connectivity index (χ2n) is 12.9. The molecule has 0 saturated heterocycles. The summed E-state index contributed by atoms with van der Waals surface area (Å²) in [6.45, 7) is 0. The van der Waals surface area contributed by atoms with Crippen LogP contribution >= 0.6 is 0 Å². The van der Waals surface area contributed by atoms with Gasteiger partial charge in [0.1, 0.15) is 11.5 Å². The van der Waals surface area contributed by atoms with Crippen LogP contribution in [0.3, 0.4) is 0 Å². The maximum atomic E-state index is 6.72. The Hall–Kier alpha value is -6.38. The van der Waals surface area contributed by atoms with Crippen LogP contribution in [0.15, 0.2) is 188 Å². The highest BCUT2D eigenvalue weighted by Crippen LogP contribution is 2.63. The summed E-state index contributed by atoms with van der Waals surface area (Å²) in [6.07, 6.45) is 0. The fourth-order valence-electron chi connectivity index (χ4n) is 8.26. The van der Waals surface area contributed by atoms with Crippen molar-refractivity contribution in [3.8, 4) is 33.8 Å². The normalized spacial score (nSPS) is 15.2. The molecule has 10 rings (SSSR count). The van der Waals surface area contributed by atoms with E-state index in [0.29, 0.717) is 0 Å². The monoisotopic (exact) mass is 625 g/mol. The minimum Gasteiger partial charge on any atom is -0.457 e. The number of fused-ring (bicyclic) bond motifs is 11. The predicted octanol–water partition coefficient (Wildman–Crippen LogP) is 12.4. The van der Waals surface area contributed by atoms with E-state index in [2.05, 4.69) is 193 Å². The molecule has 0 radical (unpaired) electrons. The highest BCUT2D eigenvalue weighted by Gasteiger charge is 2.51. The second-order valence-corrected chi connectivity index (χ2v) is 12.9. The van der Waals surface area contributed by atoms with Gasteiger partial charge in [-0.1, -0.05) is 133 Å². The van der Waals surface area contributed by atoms with E-state index in [0.717, 1.165) is 28.6 Å². The first-order valence-electron chi connectivity index (χ1n) is 16.9. The summed E-state index contributed by atoms with van der Waals surface area (Å²) in [5.74, 6) is 1.82. The van der Waals surface area contributed by atoms with Crippen LogP contribution in [0.5, 0.6) is 11.5 Å². The Morgan fingerprint density at radius 2 is 0.980 bits per heavy atom. The maximum absolute atomic E-state index is 6.72. The molecule has 2 aliphatic rings. The molecule has 1 aliphatic heterocycles. The Morgan fingerprint density at radius 1 is 0.388 bits per heavy atom. The van der Waals surface area contributed by atoms with Crippen molar-refractivity contribution >= 4 is 27.8 Å². The molecule has 2 nitrogen and oxygen atoms in total. The zero-order valence-corrected chi connectivity index (χ0v) is 26.8. The zero-order valence-electron chi connectivity index (χ0n) is 26.8. The minimum absolute atomic E-state index is 0.537. The number of nitrogens with zero attached hydrogens (tertiary/aromatic N) is 1. The molecule has 0 N–H and O–H groups in total. The van der Waals surface area contributed by atoms with Crippen molar-refractivity contribution in [1.29, 1.82) is 0 Å². The molecular formula is C47H31NO. The summed E-state index contributed by atoms with van der Waals surface area (Å²) in [5.41, 5.74) is 12.7. The number of ether oxygens (including phenoxy) is 1. The van der Waals surface area contributed by atoms with Gasteiger partial charge in [-0.2, -0.15) is 0 Å². The molecule has 8 aromatic carbocycles. The summed E-state index contributed by atoms with van der Waals surface area (Å²) in [7, 11) is 0. The number of rotatable bonds is 4. The van der Waals surface area contributed by atoms with Gasteiger partial charge in [0.05, 0.1) is 5.41 Å². The Balaban J connectivity index is 1.18. The van der Waals surface area contributed by atoms with Crippen molar-refractivity contribution in [2.24, 2.45) is 0 Å². The van der Waals surface area contributed by atoms with Gasteiger partial charge in [-0.3, -0.25) is 0 Å². The molecule has 0 saturated carbocycles. The van der Waals surface area contributed by atoms with E-state index in [4.69, 9.17) is 4.74 Å². The molecule has 0 bridgehead atoms. The summed E-state index contributed by atoms with van der Waals surface area (Å²) in [4.78, 5) is 2.30. The third-order valence-electron chi connectivity index (χ3n) is 10.3. The van der Waals surface area contributed by atoms with Gasteiger partial charge in [-0.25, -0.2) is 0 Å². The smallest absolute Gasteiger partial charge is 0.132 e. The molecule has 1 spiro atoms. The number of hydrogen-bond acceptors (Lipinski definition) is 2. The van der Waals surface area contributed by atoms with E-state index >= 15 is 0 Å². The fourth-order valence-corrected chi connectivity index (χ4v) is 8.26. The van der Waals surface area contributed by atoms with Crippen LogP contribution in [0, 0.1) is 0 Å². The maximum Gasteiger partial charge on any atom is 0.132 e. The van der Waals surface area contributed by atoms with Crippen molar-refractivity contribution in [2.45, 2.75) is 5.41 Å². The van der Waals surface area contributed by atoms with E-state index in [1.165, 1.54) is 55.3 Å². The van der Waals surface area contributed by atoms with Crippen molar-refractivity contribution in [3.63, 3.8) is 0 Å². The zero-order chi connectivity index (χ0) is 32.4. The lowest BCUT2D eigenvalue weighted by atomic mass is 9.64. The first-order valence-corrected chi connectivity index (χ1v) is 16.9. The average Bonchev–Trinajstić information content (AvgIpc) is 3.46. The fraction of sp³-hybridized carbons (Fsp3) is 0.0213. The molecule has 0 fully saturated rings. The first kappa shape index (κ1) is 27.7. The van der Waals surface area contributed by atoms with Crippen molar-refractivity contribution < 1.29 is 4.74 Å². The van der Waals surface area contributed by atoms with Crippen LogP contribution < -0.4 is 9.64 Å². The Labute approximate surface area is 286 Å². The van der Waals surface area contributed by atoms with Gasteiger partial charge in [0.2, 0.25) is 0 Å². The Bertz CT molecular complexity index is 2480. The summed E-state index contributed by atoms with van der Waals surface area (Å²) in [6, 6.07) is 67.8. The van der Waals surface area contributed by atoms with Gasteiger partial charge in [0.15, 0.2) is 0 Å². The number of hydrogen-bond donors (Lipinski definition) is 0. The van der Waals surface area contributed by atoms with Gasteiger partial charge in [-0.15, -0.1) is 0 Å². The lowest BCUT2D eigenvalue weighted by Crippen LogP contribution is -2.32. The second kappa shape index (κ2) is 10.8. The van der Waals surface area contributed by atoms with E-state index in [9.17, 15) is 0 Å². The highest BCUT2D eigenvalue weighted by molar-refractivity contribution is 5.98. The minimum atomic E-state index is -0.537. The van der Waals surface area contributed by atoms with Gasteiger partial charge in [0.25, 0.3) is 0 Å². The molecule has 1 heterocycles. The average molecular weight is 626 g/mol. The molecule has 49 heavy (non-hydrogen) atoms. The first-order chi connectivity index (χ1) is 24.3. The molecule has 2 heteroatoms.